The fourth-order valence-corrected chi connectivity index (χ4v) is 5.09. The molecule has 1 aromatic heterocycles. The SMILES string of the molecule is COc1ccc(OC)c(C2CCCN2C(=O)CSc2nc(NC3CC3)c3ccccc3n2)c1. The molecule has 0 spiro atoms. The van der Waals surface area contributed by atoms with E-state index < -0.39 is 0 Å². The van der Waals surface area contributed by atoms with Gasteiger partial charge in [0.1, 0.15) is 17.3 Å². The summed E-state index contributed by atoms with van der Waals surface area (Å²) in [4.78, 5) is 24.6. The number of anilines is 1. The summed E-state index contributed by atoms with van der Waals surface area (Å²) < 4.78 is 11.0. The fraction of sp³-hybridized carbons (Fsp3) is 0.400. The second kappa shape index (κ2) is 9.47. The van der Waals surface area contributed by atoms with Crippen LogP contribution in [0.2, 0.25) is 0 Å². The van der Waals surface area contributed by atoms with Gasteiger partial charge in [0.2, 0.25) is 5.91 Å². The average molecular weight is 465 g/mol. The molecule has 3 aromatic rings. The number of hydrogen-bond donors (Lipinski definition) is 1. The lowest BCUT2D eigenvalue weighted by Crippen LogP contribution is -2.32. The highest BCUT2D eigenvalue weighted by Gasteiger charge is 2.32. The summed E-state index contributed by atoms with van der Waals surface area (Å²) in [5.41, 5.74) is 1.89. The summed E-state index contributed by atoms with van der Waals surface area (Å²) >= 11 is 1.40. The molecule has 2 fully saturated rings. The van der Waals surface area contributed by atoms with Gasteiger partial charge in [-0.15, -0.1) is 0 Å². The Kier molecular flexibility index (Phi) is 6.26. The number of benzene rings is 2. The van der Waals surface area contributed by atoms with Gasteiger partial charge >= 0.3 is 0 Å². The number of carbonyl (C=O) groups excluding carboxylic acids is 1. The molecule has 1 N–H and O–H groups in total. The lowest BCUT2D eigenvalue weighted by atomic mass is 10.0. The quantitative estimate of drug-likeness (QED) is 0.383. The van der Waals surface area contributed by atoms with Gasteiger partial charge < -0.3 is 19.7 Å². The van der Waals surface area contributed by atoms with Crippen LogP contribution in [0.15, 0.2) is 47.6 Å². The number of carbonyl (C=O) groups is 1. The molecule has 2 aliphatic rings. The fourth-order valence-electron chi connectivity index (χ4n) is 4.35. The molecule has 2 heterocycles. The van der Waals surface area contributed by atoms with Crippen molar-refractivity contribution in [2.75, 3.05) is 31.8 Å². The van der Waals surface area contributed by atoms with Crippen molar-refractivity contribution in [3.05, 3.63) is 48.0 Å². The molecular weight excluding hydrogens is 436 g/mol. The molecule has 172 valence electrons. The van der Waals surface area contributed by atoms with Gasteiger partial charge in [0, 0.05) is 23.5 Å². The van der Waals surface area contributed by atoms with Gasteiger partial charge in [-0.05, 0) is 56.0 Å². The minimum absolute atomic E-state index is 0.0206. The Hall–Kier alpha value is -3.00. The maximum atomic E-state index is 13.3. The number of para-hydroxylation sites is 1. The van der Waals surface area contributed by atoms with E-state index in [1.807, 2.05) is 47.4 Å². The van der Waals surface area contributed by atoms with Crippen LogP contribution in [0.25, 0.3) is 10.9 Å². The van der Waals surface area contributed by atoms with Gasteiger partial charge in [-0.1, -0.05) is 23.9 Å². The number of ether oxygens (including phenoxy) is 2. The second-order valence-corrected chi connectivity index (χ2v) is 9.37. The van der Waals surface area contributed by atoms with E-state index >= 15 is 0 Å². The molecule has 1 aliphatic carbocycles. The molecule has 7 nitrogen and oxygen atoms in total. The molecule has 1 saturated carbocycles. The Bertz CT molecular complexity index is 1170. The monoisotopic (exact) mass is 464 g/mol. The highest BCUT2D eigenvalue weighted by atomic mass is 32.2. The minimum Gasteiger partial charge on any atom is -0.497 e. The van der Waals surface area contributed by atoms with E-state index in [9.17, 15) is 4.79 Å². The van der Waals surface area contributed by atoms with Gasteiger partial charge in [0.25, 0.3) is 0 Å². The third-order valence-corrected chi connectivity index (χ3v) is 7.03. The first kappa shape index (κ1) is 21.8. The summed E-state index contributed by atoms with van der Waals surface area (Å²) in [7, 11) is 3.31. The number of aromatic nitrogens is 2. The molecule has 5 rings (SSSR count). The normalized spacial score (nSPS) is 17.9. The van der Waals surface area contributed by atoms with Crippen LogP contribution in [0.4, 0.5) is 5.82 Å². The van der Waals surface area contributed by atoms with Crippen molar-refractivity contribution in [2.45, 2.75) is 42.9 Å². The molecule has 0 radical (unpaired) electrons. The average Bonchev–Trinajstić information content (AvgIpc) is 3.53. The molecule has 2 aromatic carbocycles. The van der Waals surface area contributed by atoms with Crippen molar-refractivity contribution in [2.24, 2.45) is 0 Å². The van der Waals surface area contributed by atoms with Gasteiger partial charge in [0.15, 0.2) is 5.16 Å². The molecule has 1 unspecified atom stereocenters. The number of nitrogens with one attached hydrogen (secondary N) is 1. The Labute approximate surface area is 197 Å². The summed E-state index contributed by atoms with van der Waals surface area (Å²) in [5, 5.41) is 5.15. The number of amides is 1. The van der Waals surface area contributed by atoms with Gasteiger partial charge in [-0.25, -0.2) is 9.97 Å². The molecule has 33 heavy (non-hydrogen) atoms. The number of likely N-dealkylation sites (tertiary alicyclic amines) is 1. The molecule has 1 amide bonds. The first-order valence-electron chi connectivity index (χ1n) is 11.3. The number of hydrogen-bond acceptors (Lipinski definition) is 7. The van der Waals surface area contributed by atoms with Crippen LogP contribution in [0.5, 0.6) is 11.5 Å². The Morgan fingerprint density at radius 2 is 1.97 bits per heavy atom. The third kappa shape index (κ3) is 4.71. The second-order valence-electron chi connectivity index (χ2n) is 8.43. The topological polar surface area (TPSA) is 76.6 Å². The van der Waals surface area contributed by atoms with E-state index in [1.165, 1.54) is 24.6 Å². The summed E-state index contributed by atoms with van der Waals surface area (Å²) in [5.74, 6) is 2.78. The zero-order valence-electron chi connectivity index (χ0n) is 18.9. The Balaban J connectivity index is 1.33. The lowest BCUT2D eigenvalue weighted by molar-refractivity contribution is -0.129. The molecule has 1 aliphatic heterocycles. The highest BCUT2D eigenvalue weighted by Crippen LogP contribution is 2.39. The van der Waals surface area contributed by atoms with Gasteiger partial charge in [0.05, 0.1) is 31.5 Å². The van der Waals surface area contributed by atoms with Gasteiger partial charge in [-0.3, -0.25) is 4.79 Å². The lowest BCUT2D eigenvalue weighted by Gasteiger charge is -2.26. The maximum Gasteiger partial charge on any atom is 0.233 e. The molecule has 1 atom stereocenters. The van der Waals surface area contributed by atoms with Crippen LogP contribution in [-0.2, 0) is 4.79 Å². The van der Waals surface area contributed by atoms with Crippen LogP contribution >= 0.6 is 11.8 Å². The smallest absolute Gasteiger partial charge is 0.233 e. The van der Waals surface area contributed by atoms with Crippen molar-refractivity contribution < 1.29 is 14.3 Å². The van der Waals surface area contributed by atoms with Crippen LogP contribution in [0.1, 0.15) is 37.3 Å². The van der Waals surface area contributed by atoms with E-state index in [0.29, 0.717) is 17.0 Å². The van der Waals surface area contributed by atoms with Crippen LogP contribution < -0.4 is 14.8 Å². The zero-order chi connectivity index (χ0) is 22.8. The van der Waals surface area contributed by atoms with Crippen molar-refractivity contribution in [1.82, 2.24) is 14.9 Å². The number of rotatable bonds is 8. The first-order valence-corrected chi connectivity index (χ1v) is 12.3. The predicted octanol–water partition coefficient (Wildman–Crippen LogP) is 4.68. The first-order chi connectivity index (χ1) is 16.2. The predicted molar refractivity (Wildman–Crippen MR) is 130 cm³/mol. The van der Waals surface area contributed by atoms with E-state index in [0.717, 1.165) is 53.2 Å². The van der Waals surface area contributed by atoms with E-state index in [1.54, 1.807) is 14.2 Å². The molecule has 8 heteroatoms. The minimum atomic E-state index is -0.0206. The van der Waals surface area contributed by atoms with E-state index in [2.05, 4.69) is 5.32 Å². The van der Waals surface area contributed by atoms with Crippen LogP contribution in [0, 0.1) is 0 Å². The van der Waals surface area contributed by atoms with Crippen molar-refractivity contribution >= 4 is 34.4 Å². The Morgan fingerprint density at radius 3 is 2.76 bits per heavy atom. The number of nitrogens with zero attached hydrogens (tertiary/aromatic N) is 3. The largest absolute Gasteiger partial charge is 0.497 e. The molecule has 0 bridgehead atoms. The van der Waals surface area contributed by atoms with Crippen LogP contribution in [-0.4, -0.2) is 53.3 Å². The standard InChI is InChI=1S/C25H28N4O3S/c1-31-17-11-12-22(32-2)19(14-17)21-8-5-13-29(21)23(30)15-33-25-27-20-7-4-3-6-18(20)24(28-25)26-16-9-10-16/h3-4,6-7,11-12,14,16,21H,5,8-10,13,15H2,1-2H3,(H,26,27,28). The third-order valence-electron chi connectivity index (χ3n) is 6.19. The molecule has 1 saturated heterocycles. The van der Waals surface area contributed by atoms with E-state index in [4.69, 9.17) is 19.4 Å². The summed E-state index contributed by atoms with van der Waals surface area (Å²) in [6.45, 7) is 0.734. The number of thioether (sulfide) groups is 1. The van der Waals surface area contributed by atoms with Crippen LogP contribution in [0.3, 0.4) is 0 Å². The zero-order valence-corrected chi connectivity index (χ0v) is 19.7. The number of fused-ring (bicyclic) bond motifs is 1. The van der Waals surface area contributed by atoms with Crippen molar-refractivity contribution in [3.8, 4) is 11.5 Å². The Morgan fingerprint density at radius 1 is 1.12 bits per heavy atom. The van der Waals surface area contributed by atoms with Crippen molar-refractivity contribution in [3.63, 3.8) is 0 Å². The van der Waals surface area contributed by atoms with Gasteiger partial charge in [-0.2, -0.15) is 0 Å². The number of methoxy groups -OCH3 is 2. The maximum absolute atomic E-state index is 13.3. The molecular formula is C25H28N4O3S. The van der Waals surface area contributed by atoms with Crippen molar-refractivity contribution in [1.29, 1.82) is 0 Å². The summed E-state index contributed by atoms with van der Waals surface area (Å²) in [6.07, 6.45) is 4.21. The highest BCUT2D eigenvalue weighted by molar-refractivity contribution is 7.99. The van der Waals surface area contributed by atoms with E-state index in [-0.39, 0.29) is 11.9 Å². The summed E-state index contributed by atoms with van der Waals surface area (Å²) in [6, 6.07) is 14.2.